The molecular weight excluding hydrogens is 1910 g/mol. The van der Waals surface area contributed by atoms with Crippen LogP contribution in [0.15, 0.2) is 42.5 Å². The summed E-state index contributed by atoms with van der Waals surface area (Å²) < 4.78 is 112. The molecule has 4 aliphatic heterocycles. The standard InChI is InChI=1S/C94H138N4O42.C2O2/c1-50(2)71(89(118)96-51(3)62(105)45-53-20-22-54(23-21-53)49-133-94(120)97-58-48-66(134-52(4)72(58)107)135-64-47-55(101)46-57-68(64)76(111)70-69(74(57)109)73(108)56-15-14-19-63(121-5)67(56)75(70)110)98-65(106)24-29-124-31-33-126-35-37-128-39-41-130-43-44-131-42-40-129-38-36-127-34-32-125-30-25-95-93(119)132-28-13-10-18-61(104)85-88(140-91-81(116)77(112)86(122-6)83(137-91)59(102)16-8-11-26-99)79(114)82(117)92(138-85)139-87-78(113)80(115)90(123-7)136-84(87)60(103)17-9-12-27-100;3-1-2-4/h14-15,19-23,50-52,55,58,64,66,71-72,77-88,90-92,99-101,107,109,111-117H,8-13,16-18,24-49H2,1-7H3,(H,95,119)(H,96,118)(H,97,120)(H,98,106);/t51-,52-,55-,58-,64-,66-,71-,72-,77?,78?,79?,80?,81?,82?,83?,84?,85?,86?,87?,88?,90?,91?,92?;/m0./s1. The number of carbonyl (C=O) groups is 10. The molecular formula is C96H138N4O44. The Balaban J connectivity index is 0.00000621. The summed E-state index contributed by atoms with van der Waals surface area (Å²) in [7, 11) is 3.64. The number of aliphatic hydroxyl groups is 10. The Morgan fingerprint density at radius 2 is 0.958 bits per heavy atom. The van der Waals surface area contributed by atoms with Gasteiger partial charge in [-0.25, -0.2) is 19.2 Å². The van der Waals surface area contributed by atoms with E-state index >= 15 is 0 Å². The normalized spacial score (nSPS) is 25.9. The second kappa shape index (κ2) is 62.7. The summed E-state index contributed by atoms with van der Waals surface area (Å²) in [6.45, 7) is 10.1. The van der Waals surface area contributed by atoms with E-state index in [-0.39, 0.29) is 209 Å². The van der Waals surface area contributed by atoms with Gasteiger partial charge in [-0.15, -0.1) is 0 Å². The fourth-order valence-electron chi connectivity index (χ4n) is 16.5. The van der Waals surface area contributed by atoms with Gasteiger partial charge >= 0.3 is 12.2 Å². The summed E-state index contributed by atoms with van der Waals surface area (Å²) in [6.07, 6.45) is -35.1. The number of Topliss-reactive ketones (excluding diaryl/α,β-unsaturated/α-hetero) is 4. The van der Waals surface area contributed by atoms with Crippen LogP contribution in [0.1, 0.15) is 165 Å². The van der Waals surface area contributed by atoms with E-state index in [9.17, 15) is 109 Å². The van der Waals surface area contributed by atoms with Gasteiger partial charge in [0.2, 0.25) is 29.5 Å². The van der Waals surface area contributed by atoms with Gasteiger partial charge in [-0.2, -0.15) is 0 Å². The molecule has 16 N–H and O–H groups in total. The number of ether oxygens (including phenoxy) is 20. The van der Waals surface area contributed by atoms with Gasteiger partial charge in [-0.3, -0.25) is 38.4 Å². The smallest absolute Gasteiger partial charge is 0.407 e. The van der Waals surface area contributed by atoms with Crippen molar-refractivity contribution in [3.63, 3.8) is 0 Å². The molecule has 15 unspecified atom stereocenters. The van der Waals surface area contributed by atoms with Crippen LogP contribution in [0.25, 0.3) is 0 Å². The van der Waals surface area contributed by atoms with Gasteiger partial charge in [-0.1, -0.05) is 50.2 Å². The van der Waals surface area contributed by atoms with Crippen molar-refractivity contribution in [3.05, 3.63) is 87.0 Å². The largest absolute Gasteiger partial charge is 0.507 e. The minimum atomic E-state index is -2.16. The molecule has 9 rings (SSSR count). The van der Waals surface area contributed by atoms with E-state index in [2.05, 4.69) is 21.3 Å². The molecule has 4 saturated heterocycles. The van der Waals surface area contributed by atoms with Gasteiger partial charge < -0.3 is 177 Å². The number of phenols is 2. The fourth-order valence-corrected chi connectivity index (χ4v) is 16.5. The Morgan fingerprint density at radius 1 is 0.479 bits per heavy atom. The molecule has 48 heteroatoms. The van der Waals surface area contributed by atoms with Gasteiger partial charge in [0.15, 0.2) is 54.1 Å². The molecule has 3 aromatic carbocycles. The zero-order chi connectivity index (χ0) is 105. The average Bonchev–Trinajstić information content (AvgIpc) is 0.712. The summed E-state index contributed by atoms with van der Waals surface area (Å²) in [5, 5.41) is 142. The Bertz CT molecular complexity index is 4610. The first-order valence-electron chi connectivity index (χ1n) is 47.8. The Hall–Kier alpha value is -9.36. The number of benzene rings is 3. The molecule has 0 spiro atoms. The molecule has 48 nitrogen and oxygen atoms in total. The highest BCUT2D eigenvalue weighted by Gasteiger charge is 2.57. The van der Waals surface area contributed by atoms with Crippen molar-refractivity contribution in [1.82, 2.24) is 21.3 Å². The summed E-state index contributed by atoms with van der Waals surface area (Å²) in [4.78, 5) is 151. The van der Waals surface area contributed by atoms with Crippen molar-refractivity contribution in [2.24, 2.45) is 5.92 Å². The third-order valence-electron chi connectivity index (χ3n) is 24.2. The van der Waals surface area contributed by atoms with Gasteiger partial charge in [0.1, 0.15) is 109 Å². The number of nitrogens with one attached hydrogen (secondary N) is 4. The highest BCUT2D eigenvalue weighted by molar-refractivity contribution is 6.31. The second-order valence-electron chi connectivity index (χ2n) is 34.9. The number of hydrogen-bond acceptors (Lipinski definition) is 44. The van der Waals surface area contributed by atoms with Crippen LogP contribution in [0, 0.1) is 5.92 Å². The van der Waals surface area contributed by atoms with Crippen molar-refractivity contribution in [1.29, 1.82) is 0 Å². The lowest BCUT2D eigenvalue weighted by atomic mass is 9.76. The van der Waals surface area contributed by atoms with Crippen molar-refractivity contribution >= 4 is 70.6 Å². The fraction of sp³-hybridized carbons (Fsp3) is 0.688. The number of methoxy groups -OCH3 is 3. The van der Waals surface area contributed by atoms with Crippen molar-refractivity contribution < 1.29 is 214 Å². The minimum Gasteiger partial charge on any atom is -0.507 e. The van der Waals surface area contributed by atoms with Crippen LogP contribution in [0.2, 0.25) is 0 Å². The Morgan fingerprint density at radius 3 is 1.46 bits per heavy atom. The zero-order valence-electron chi connectivity index (χ0n) is 81.6. The maximum absolute atomic E-state index is 14.2. The number of phenolic OH excluding ortho intramolecular Hbond substituents is 2. The Kier molecular flexibility index (Phi) is 52.2. The monoisotopic (exact) mass is 2050 g/mol. The van der Waals surface area contributed by atoms with Crippen LogP contribution < -0.4 is 26.0 Å². The van der Waals surface area contributed by atoms with Gasteiger partial charge in [0.05, 0.1) is 167 Å². The average molecular weight is 2050 g/mol. The van der Waals surface area contributed by atoms with Crippen LogP contribution >= 0.6 is 0 Å². The first kappa shape index (κ1) is 120. The first-order valence-corrected chi connectivity index (χ1v) is 47.8. The van der Waals surface area contributed by atoms with Crippen LogP contribution in [0.4, 0.5) is 9.59 Å². The topological polar surface area (TPSA) is 680 Å². The van der Waals surface area contributed by atoms with Crippen LogP contribution in [0.5, 0.6) is 17.2 Å². The number of ketones is 6. The predicted molar refractivity (Wildman–Crippen MR) is 492 cm³/mol. The number of alkyl carbamates (subject to hydrolysis) is 2. The molecule has 0 bridgehead atoms. The van der Waals surface area contributed by atoms with E-state index in [1.54, 1.807) is 52.0 Å². The van der Waals surface area contributed by atoms with Gasteiger partial charge in [0, 0.05) is 102 Å². The molecule has 0 radical (unpaired) electrons. The van der Waals surface area contributed by atoms with E-state index in [1.165, 1.54) is 25.3 Å². The third kappa shape index (κ3) is 35.4. The quantitative estimate of drug-likeness (QED) is 0.0132. The molecule has 3 aromatic rings. The predicted octanol–water partition coefficient (Wildman–Crippen LogP) is -1.78. The summed E-state index contributed by atoms with van der Waals surface area (Å²) >= 11 is 0. The molecule has 6 aliphatic rings. The lowest BCUT2D eigenvalue weighted by molar-refractivity contribution is -0.367. The molecule has 0 aromatic heterocycles. The van der Waals surface area contributed by atoms with Crippen LogP contribution in [-0.4, -0.2) is 420 Å². The number of carbonyl (C=O) groups excluding carboxylic acids is 12. The van der Waals surface area contributed by atoms with Crippen LogP contribution in [-0.2, 0) is 148 Å². The molecule has 4 amide bonds. The first-order chi connectivity index (χ1) is 69.2. The number of aromatic hydroxyl groups is 2. The number of unbranched alkanes of at least 4 members (excludes halogenated alkanes) is 3. The lowest BCUT2D eigenvalue weighted by Gasteiger charge is -2.48. The van der Waals surface area contributed by atoms with Crippen LogP contribution in [0.3, 0.4) is 0 Å². The summed E-state index contributed by atoms with van der Waals surface area (Å²) in [6, 6.07) is 8.21. The minimum absolute atomic E-state index is 0.00839. The van der Waals surface area contributed by atoms with Crippen molar-refractivity contribution in [2.75, 3.05) is 153 Å². The van der Waals surface area contributed by atoms with Gasteiger partial charge in [-0.05, 0) is 75.5 Å². The zero-order valence-corrected chi connectivity index (χ0v) is 81.6. The molecule has 806 valence electrons. The van der Waals surface area contributed by atoms with E-state index in [4.69, 9.17) is 104 Å². The number of rotatable bonds is 62. The molecule has 23 atom stereocenters. The number of aliphatic hydroxyl groups excluding tert-OH is 10. The summed E-state index contributed by atoms with van der Waals surface area (Å²) in [5.74, 6) is -4.52. The van der Waals surface area contributed by atoms with E-state index in [0.717, 1.165) is 26.1 Å². The highest BCUT2D eigenvalue weighted by Crippen LogP contribution is 2.51. The van der Waals surface area contributed by atoms with Crippen molar-refractivity contribution in [2.45, 2.75) is 265 Å². The Labute approximate surface area is 830 Å². The maximum atomic E-state index is 14.2. The molecule has 4 fully saturated rings. The number of amides is 4. The number of hydrogen-bond donors (Lipinski definition) is 16. The lowest BCUT2D eigenvalue weighted by Crippen LogP contribution is -2.67. The van der Waals surface area contributed by atoms with E-state index in [1.807, 2.05) is 0 Å². The molecule has 4 heterocycles. The van der Waals surface area contributed by atoms with E-state index < -0.39 is 216 Å². The maximum Gasteiger partial charge on any atom is 0.407 e. The second-order valence-corrected chi connectivity index (χ2v) is 34.9. The molecule has 2 aliphatic carbocycles. The van der Waals surface area contributed by atoms with Gasteiger partial charge in [0.25, 0.3) is 0 Å². The summed E-state index contributed by atoms with van der Waals surface area (Å²) in [5.41, 5.74) is 0.175. The van der Waals surface area contributed by atoms with Crippen molar-refractivity contribution in [3.8, 4) is 17.2 Å². The van der Waals surface area contributed by atoms with E-state index in [0.29, 0.717) is 70.6 Å². The highest BCUT2D eigenvalue weighted by atomic mass is 16.8. The molecule has 0 saturated carbocycles. The number of fused-ring (bicyclic) bond motifs is 3. The molecule has 144 heavy (non-hydrogen) atoms. The SMILES string of the molecule is COc1cccc2c1C(=O)c1c(O)c3c(c(O)c1C2=O)C[C@H](O)C[C@@H]3O[C@H]1C[C@H](NC(=O)OCc2ccc(CC(=O)[C@H](C)NC(=O)[C@@H](NC(=O)CCOCCOCCOCCOCCOCCOCCOCCOCCNC(=O)OCCCCC(=O)C3OC(OC4C(C(=O)CCCCO)OC(OC)C(O)C4O)C(O)C(O)C3OC3OC(C(=O)CCCCO)C(OC)C(O)C3O)C(C)C)cc2)[C@@H](O)[C@H](C)O1.O=C=C=O. The third-order valence-corrected chi connectivity index (χ3v) is 24.2.